The molecule has 0 radical (unpaired) electrons. The van der Waals surface area contributed by atoms with Crippen LogP contribution in [0.1, 0.15) is 32.1 Å². The molecule has 1 aliphatic carbocycles. The van der Waals surface area contributed by atoms with Crippen molar-refractivity contribution in [1.82, 2.24) is 10.6 Å². The van der Waals surface area contributed by atoms with Crippen LogP contribution in [0.2, 0.25) is 0 Å². The van der Waals surface area contributed by atoms with Crippen molar-refractivity contribution in [3.63, 3.8) is 0 Å². The summed E-state index contributed by atoms with van der Waals surface area (Å²) in [5, 5.41) is 14.4. The van der Waals surface area contributed by atoms with Crippen molar-refractivity contribution in [2.24, 2.45) is 5.92 Å². The third kappa shape index (κ3) is 2.93. The lowest BCUT2D eigenvalue weighted by Gasteiger charge is -2.38. The SMILES string of the molecule is O=C(NCC1CCOCC1)NC1(C(=O)O)CCC1. The zero-order chi connectivity index (χ0) is 13.0. The summed E-state index contributed by atoms with van der Waals surface area (Å²) in [6, 6.07) is -0.372. The molecule has 0 spiro atoms. The second-order valence-electron chi connectivity index (χ2n) is 5.13. The molecule has 0 atom stereocenters. The van der Waals surface area contributed by atoms with Gasteiger partial charge in [0.1, 0.15) is 5.54 Å². The van der Waals surface area contributed by atoms with E-state index in [4.69, 9.17) is 9.84 Å². The number of aliphatic carboxylic acids is 1. The van der Waals surface area contributed by atoms with Crippen LogP contribution in [0.3, 0.4) is 0 Å². The van der Waals surface area contributed by atoms with Crippen LogP contribution in [0.15, 0.2) is 0 Å². The number of nitrogens with one attached hydrogen (secondary N) is 2. The average molecular weight is 256 g/mol. The largest absolute Gasteiger partial charge is 0.480 e. The Hall–Kier alpha value is -1.30. The number of amides is 2. The summed E-state index contributed by atoms with van der Waals surface area (Å²) >= 11 is 0. The van der Waals surface area contributed by atoms with E-state index >= 15 is 0 Å². The van der Waals surface area contributed by atoms with Gasteiger partial charge in [-0.05, 0) is 38.0 Å². The van der Waals surface area contributed by atoms with Crippen LogP contribution in [-0.4, -0.2) is 42.4 Å². The van der Waals surface area contributed by atoms with Gasteiger partial charge in [-0.25, -0.2) is 9.59 Å². The van der Waals surface area contributed by atoms with Crippen LogP contribution in [0.5, 0.6) is 0 Å². The second-order valence-corrected chi connectivity index (χ2v) is 5.13. The molecule has 0 aromatic carbocycles. The van der Waals surface area contributed by atoms with E-state index in [0.29, 0.717) is 25.3 Å². The van der Waals surface area contributed by atoms with Crippen molar-refractivity contribution in [1.29, 1.82) is 0 Å². The lowest BCUT2D eigenvalue weighted by molar-refractivity contribution is -0.148. The molecule has 6 heteroatoms. The maximum atomic E-state index is 11.7. The number of urea groups is 1. The molecule has 1 heterocycles. The van der Waals surface area contributed by atoms with Gasteiger partial charge >= 0.3 is 12.0 Å². The van der Waals surface area contributed by atoms with Gasteiger partial charge in [-0.15, -0.1) is 0 Å². The third-order valence-electron chi connectivity index (χ3n) is 3.86. The highest BCUT2D eigenvalue weighted by atomic mass is 16.5. The lowest BCUT2D eigenvalue weighted by Crippen LogP contribution is -2.61. The Morgan fingerprint density at radius 2 is 1.94 bits per heavy atom. The minimum Gasteiger partial charge on any atom is -0.480 e. The maximum absolute atomic E-state index is 11.7. The van der Waals surface area contributed by atoms with Gasteiger partial charge in [0.05, 0.1) is 0 Å². The quantitative estimate of drug-likeness (QED) is 0.691. The zero-order valence-corrected chi connectivity index (χ0v) is 10.4. The molecule has 2 rings (SSSR count). The molecule has 1 saturated heterocycles. The van der Waals surface area contributed by atoms with Crippen molar-refractivity contribution in [3.05, 3.63) is 0 Å². The summed E-state index contributed by atoms with van der Waals surface area (Å²) in [7, 11) is 0. The molecule has 1 aliphatic heterocycles. The molecular weight excluding hydrogens is 236 g/mol. The van der Waals surface area contributed by atoms with Gasteiger partial charge < -0.3 is 20.5 Å². The van der Waals surface area contributed by atoms with Crippen LogP contribution in [0, 0.1) is 5.92 Å². The minimum absolute atomic E-state index is 0.372. The molecule has 0 unspecified atom stereocenters. The van der Waals surface area contributed by atoms with Crippen LogP contribution >= 0.6 is 0 Å². The Morgan fingerprint density at radius 1 is 1.28 bits per heavy atom. The molecule has 1 saturated carbocycles. The molecule has 3 N–H and O–H groups in total. The standard InChI is InChI=1S/C12H20N2O4/c15-10(16)12(4-1-5-12)14-11(17)13-8-9-2-6-18-7-3-9/h9H,1-8H2,(H,15,16)(H2,13,14,17). The number of carboxylic acids is 1. The number of carbonyl (C=O) groups excluding carboxylic acids is 1. The Morgan fingerprint density at radius 3 is 2.44 bits per heavy atom. The highest BCUT2D eigenvalue weighted by Gasteiger charge is 2.45. The summed E-state index contributed by atoms with van der Waals surface area (Å²) in [6.45, 7) is 2.07. The van der Waals surface area contributed by atoms with E-state index in [-0.39, 0.29) is 6.03 Å². The molecule has 0 bridgehead atoms. The van der Waals surface area contributed by atoms with Gasteiger partial charge in [-0.2, -0.15) is 0 Å². The van der Waals surface area contributed by atoms with E-state index < -0.39 is 11.5 Å². The molecule has 2 aliphatic rings. The topological polar surface area (TPSA) is 87.7 Å². The molecule has 2 amide bonds. The zero-order valence-electron chi connectivity index (χ0n) is 10.4. The number of carbonyl (C=O) groups is 2. The van der Waals surface area contributed by atoms with Crippen LogP contribution in [-0.2, 0) is 9.53 Å². The van der Waals surface area contributed by atoms with Gasteiger partial charge in [-0.3, -0.25) is 0 Å². The Kier molecular flexibility index (Phi) is 4.06. The number of ether oxygens (including phenoxy) is 1. The molecular formula is C12H20N2O4. The first-order valence-electron chi connectivity index (χ1n) is 6.49. The fraction of sp³-hybridized carbons (Fsp3) is 0.833. The first kappa shape index (κ1) is 13.1. The summed E-state index contributed by atoms with van der Waals surface area (Å²) in [6.07, 6.45) is 3.79. The average Bonchev–Trinajstić information content (AvgIpc) is 2.32. The van der Waals surface area contributed by atoms with Crippen molar-refractivity contribution in [3.8, 4) is 0 Å². The van der Waals surface area contributed by atoms with Crippen molar-refractivity contribution < 1.29 is 19.4 Å². The molecule has 0 aromatic heterocycles. The van der Waals surface area contributed by atoms with Gasteiger partial charge in [0.15, 0.2) is 0 Å². The van der Waals surface area contributed by atoms with Gasteiger partial charge in [-0.1, -0.05) is 0 Å². The molecule has 0 aromatic rings. The van der Waals surface area contributed by atoms with Gasteiger partial charge in [0.25, 0.3) is 0 Å². The van der Waals surface area contributed by atoms with E-state index in [1.807, 2.05) is 0 Å². The van der Waals surface area contributed by atoms with Crippen LogP contribution in [0.25, 0.3) is 0 Å². The number of hydrogen-bond donors (Lipinski definition) is 3. The van der Waals surface area contributed by atoms with Gasteiger partial charge in [0, 0.05) is 19.8 Å². The molecule has 102 valence electrons. The fourth-order valence-electron chi connectivity index (χ4n) is 2.37. The Bertz CT molecular complexity index is 322. The van der Waals surface area contributed by atoms with Crippen molar-refractivity contribution in [2.75, 3.05) is 19.8 Å². The second kappa shape index (κ2) is 5.56. The monoisotopic (exact) mass is 256 g/mol. The Balaban J connectivity index is 1.73. The summed E-state index contributed by atoms with van der Waals surface area (Å²) in [4.78, 5) is 22.8. The highest BCUT2D eigenvalue weighted by molar-refractivity contribution is 5.87. The minimum atomic E-state index is -1.03. The van der Waals surface area contributed by atoms with Gasteiger partial charge in [0.2, 0.25) is 0 Å². The van der Waals surface area contributed by atoms with Crippen LogP contribution in [0.4, 0.5) is 4.79 Å². The predicted molar refractivity (Wildman–Crippen MR) is 64.3 cm³/mol. The summed E-state index contributed by atoms with van der Waals surface area (Å²) in [5.74, 6) is -0.498. The molecule has 2 fully saturated rings. The van der Waals surface area contributed by atoms with Crippen LogP contribution < -0.4 is 10.6 Å². The van der Waals surface area contributed by atoms with E-state index in [9.17, 15) is 9.59 Å². The normalized spacial score (nSPS) is 22.9. The predicted octanol–water partition coefficient (Wildman–Crippen LogP) is 0.719. The maximum Gasteiger partial charge on any atom is 0.329 e. The van der Waals surface area contributed by atoms with Crippen molar-refractivity contribution >= 4 is 12.0 Å². The lowest BCUT2D eigenvalue weighted by atomic mass is 9.77. The number of rotatable bonds is 4. The molecule has 6 nitrogen and oxygen atoms in total. The number of carboxylic acid groups (broad SMARTS) is 1. The summed E-state index contributed by atoms with van der Waals surface area (Å²) < 4.78 is 5.24. The third-order valence-corrected chi connectivity index (χ3v) is 3.86. The van der Waals surface area contributed by atoms with Crippen molar-refractivity contribution in [2.45, 2.75) is 37.6 Å². The Labute approximate surface area is 106 Å². The number of hydrogen-bond acceptors (Lipinski definition) is 3. The smallest absolute Gasteiger partial charge is 0.329 e. The highest BCUT2D eigenvalue weighted by Crippen LogP contribution is 2.31. The molecule has 18 heavy (non-hydrogen) atoms. The first-order valence-corrected chi connectivity index (χ1v) is 6.49. The first-order chi connectivity index (χ1) is 8.62. The van der Waals surface area contributed by atoms with E-state index in [2.05, 4.69) is 10.6 Å². The van der Waals surface area contributed by atoms with E-state index in [0.717, 1.165) is 32.5 Å². The van der Waals surface area contributed by atoms with E-state index in [1.54, 1.807) is 0 Å². The fourth-order valence-corrected chi connectivity index (χ4v) is 2.37. The summed E-state index contributed by atoms with van der Waals surface area (Å²) in [5.41, 5.74) is -1.03. The van der Waals surface area contributed by atoms with E-state index in [1.165, 1.54) is 0 Å².